The van der Waals surface area contributed by atoms with Gasteiger partial charge in [-0.25, -0.2) is 17.9 Å². The van der Waals surface area contributed by atoms with Crippen LogP contribution >= 0.6 is 0 Å². The molecule has 0 aromatic heterocycles. The summed E-state index contributed by atoms with van der Waals surface area (Å²) in [4.78, 5) is 10.8. The van der Waals surface area contributed by atoms with Crippen molar-refractivity contribution in [3.8, 4) is 0 Å². The number of carbonyl (C=O) groups is 1. The molecule has 1 aliphatic heterocycles. The molecule has 110 valence electrons. The molecule has 1 saturated heterocycles. The first-order chi connectivity index (χ1) is 9.32. The molecule has 1 heterocycles. The largest absolute Gasteiger partial charge is 0.478 e. The van der Waals surface area contributed by atoms with E-state index in [0.717, 1.165) is 18.9 Å². The predicted octanol–water partition coefficient (Wildman–Crippen LogP) is 1.23. The third kappa shape index (κ3) is 3.36. The highest BCUT2D eigenvalue weighted by atomic mass is 32.2. The zero-order valence-corrected chi connectivity index (χ0v) is 11.9. The van der Waals surface area contributed by atoms with Gasteiger partial charge >= 0.3 is 5.97 Å². The summed E-state index contributed by atoms with van der Waals surface area (Å²) in [6, 6.07) is 5.27. The van der Waals surface area contributed by atoms with Crippen molar-refractivity contribution in [3.05, 3.63) is 29.8 Å². The SMILES string of the molecule is CC1(CNS(=O)(=O)c2cccc(C(=O)O)c2)CCCO1. The number of sulfonamides is 1. The number of rotatable bonds is 5. The van der Waals surface area contributed by atoms with Crippen molar-refractivity contribution >= 4 is 16.0 Å². The van der Waals surface area contributed by atoms with Gasteiger partial charge in [-0.1, -0.05) is 6.07 Å². The van der Waals surface area contributed by atoms with Crippen LogP contribution in [0.4, 0.5) is 0 Å². The Morgan fingerprint density at radius 1 is 1.50 bits per heavy atom. The molecule has 1 fully saturated rings. The van der Waals surface area contributed by atoms with Gasteiger partial charge in [0.1, 0.15) is 0 Å². The summed E-state index contributed by atoms with van der Waals surface area (Å²) in [5, 5.41) is 8.88. The van der Waals surface area contributed by atoms with Gasteiger partial charge in [0, 0.05) is 13.2 Å². The van der Waals surface area contributed by atoms with Gasteiger partial charge in [-0.15, -0.1) is 0 Å². The van der Waals surface area contributed by atoms with Crippen LogP contribution in [0.2, 0.25) is 0 Å². The van der Waals surface area contributed by atoms with Gasteiger partial charge in [0.15, 0.2) is 0 Å². The second kappa shape index (κ2) is 5.51. The van der Waals surface area contributed by atoms with Crippen LogP contribution in [-0.4, -0.2) is 38.2 Å². The zero-order chi connectivity index (χ0) is 14.8. The number of nitrogens with one attached hydrogen (secondary N) is 1. The van der Waals surface area contributed by atoms with E-state index in [4.69, 9.17) is 9.84 Å². The lowest BCUT2D eigenvalue weighted by Gasteiger charge is -2.23. The summed E-state index contributed by atoms with van der Waals surface area (Å²) in [6.07, 6.45) is 1.71. The van der Waals surface area contributed by atoms with Crippen LogP contribution in [0.1, 0.15) is 30.1 Å². The average molecular weight is 299 g/mol. The maximum absolute atomic E-state index is 12.1. The van der Waals surface area contributed by atoms with Gasteiger partial charge in [-0.2, -0.15) is 0 Å². The highest BCUT2D eigenvalue weighted by Gasteiger charge is 2.31. The highest BCUT2D eigenvalue weighted by Crippen LogP contribution is 2.24. The quantitative estimate of drug-likeness (QED) is 0.853. The van der Waals surface area contributed by atoms with Crippen LogP contribution in [0.3, 0.4) is 0 Å². The molecule has 1 aromatic carbocycles. The van der Waals surface area contributed by atoms with Crippen molar-refractivity contribution in [1.82, 2.24) is 4.72 Å². The highest BCUT2D eigenvalue weighted by molar-refractivity contribution is 7.89. The molecule has 0 saturated carbocycles. The lowest BCUT2D eigenvalue weighted by molar-refractivity contribution is 0.0250. The van der Waals surface area contributed by atoms with E-state index in [1.54, 1.807) is 0 Å². The summed E-state index contributed by atoms with van der Waals surface area (Å²) in [6.45, 7) is 2.66. The predicted molar refractivity (Wildman–Crippen MR) is 72.2 cm³/mol. The van der Waals surface area contributed by atoms with E-state index in [1.807, 2.05) is 6.92 Å². The molecule has 1 atom stereocenters. The minimum atomic E-state index is -3.74. The summed E-state index contributed by atoms with van der Waals surface area (Å²) < 4.78 is 32.3. The van der Waals surface area contributed by atoms with Crippen LogP contribution < -0.4 is 4.72 Å². The number of hydrogen-bond acceptors (Lipinski definition) is 4. The maximum Gasteiger partial charge on any atom is 0.335 e. The first-order valence-electron chi connectivity index (χ1n) is 6.29. The number of benzene rings is 1. The van der Waals surface area contributed by atoms with Crippen molar-refractivity contribution in [2.24, 2.45) is 0 Å². The van der Waals surface area contributed by atoms with Crippen LogP contribution in [0.25, 0.3) is 0 Å². The molecule has 1 aromatic rings. The summed E-state index contributed by atoms with van der Waals surface area (Å²) in [7, 11) is -3.74. The lowest BCUT2D eigenvalue weighted by atomic mass is 10.0. The van der Waals surface area contributed by atoms with Crippen molar-refractivity contribution in [1.29, 1.82) is 0 Å². The van der Waals surface area contributed by atoms with Crippen molar-refractivity contribution < 1.29 is 23.1 Å². The van der Waals surface area contributed by atoms with Crippen LogP contribution in [0.5, 0.6) is 0 Å². The van der Waals surface area contributed by atoms with Gasteiger partial charge in [-0.05, 0) is 38.0 Å². The third-order valence-corrected chi connectivity index (χ3v) is 4.73. The monoisotopic (exact) mass is 299 g/mol. The Balaban J connectivity index is 2.14. The van der Waals surface area contributed by atoms with E-state index in [2.05, 4.69) is 4.72 Å². The van der Waals surface area contributed by atoms with E-state index < -0.39 is 21.6 Å². The van der Waals surface area contributed by atoms with Crippen LogP contribution in [0, 0.1) is 0 Å². The van der Waals surface area contributed by atoms with E-state index in [0.29, 0.717) is 6.61 Å². The first-order valence-corrected chi connectivity index (χ1v) is 7.78. The third-order valence-electron chi connectivity index (χ3n) is 3.33. The van der Waals surface area contributed by atoms with Gasteiger partial charge in [0.2, 0.25) is 10.0 Å². The Bertz CT molecular complexity index is 605. The Hall–Kier alpha value is -1.44. The Morgan fingerprint density at radius 2 is 2.25 bits per heavy atom. The van der Waals surface area contributed by atoms with Gasteiger partial charge in [0.25, 0.3) is 0 Å². The number of carboxylic acid groups (broad SMARTS) is 1. The topological polar surface area (TPSA) is 92.7 Å². The molecule has 1 unspecified atom stereocenters. The Morgan fingerprint density at radius 3 is 2.85 bits per heavy atom. The normalized spacial score (nSPS) is 22.9. The second-order valence-electron chi connectivity index (χ2n) is 5.06. The summed E-state index contributed by atoms with van der Waals surface area (Å²) >= 11 is 0. The molecule has 0 radical (unpaired) electrons. The molecule has 7 heteroatoms. The molecule has 2 rings (SSSR count). The molecule has 20 heavy (non-hydrogen) atoms. The van der Waals surface area contributed by atoms with Crippen molar-refractivity contribution in [2.45, 2.75) is 30.3 Å². The van der Waals surface area contributed by atoms with E-state index >= 15 is 0 Å². The van der Waals surface area contributed by atoms with Crippen molar-refractivity contribution in [2.75, 3.05) is 13.2 Å². The molecule has 2 N–H and O–H groups in total. The van der Waals surface area contributed by atoms with Gasteiger partial charge in [-0.3, -0.25) is 0 Å². The number of hydrogen-bond donors (Lipinski definition) is 2. The summed E-state index contributed by atoms with van der Waals surface area (Å²) in [5.41, 5.74) is -0.548. The number of ether oxygens (including phenoxy) is 1. The average Bonchev–Trinajstić information content (AvgIpc) is 2.84. The van der Waals surface area contributed by atoms with E-state index in [1.165, 1.54) is 18.2 Å². The Labute approximate surface area is 117 Å². The van der Waals surface area contributed by atoms with Gasteiger partial charge < -0.3 is 9.84 Å². The molecule has 0 amide bonds. The van der Waals surface area contributed by atoms with E-state index in [-0.39, 0.29) is 17.0 Å². The van der Waals surface area contributed by atoms with Crippen molar-refractivity contribution in [3.63, 3.8) is 0 Å². The van der Waals surface area contributed by atoms with Crippen LogP contribution in [-0.2, 0) is 14.8 Å². The number of aromatic carboxylic acids is 1. The molecule has 0 spiro atoms. The molecule has 1 aliphatic rings. The van der Waals surface area contributed by atoms with Gasteiger partial charge in [0.05, 0.1) is 16.1 Å². The fraction of sp³-hybridized carbons (Fsp3) is 0.462. The molecular weight excluding hydrogens is 282 g/mol. The smallest absolute Gasteiger partial charge is 0.335 e. The minimum absolute atomic E-state index is 0.0565. The lowest BCUT2D eigenvalue weighted by Crippen LogP contribution is -2.40. The maximum atomic E-state index is 12.1. The molecule has 0 aliphatic carbocycles. The molecule has 0 bridgehead atoms. The first kappa shape index (κ1) is 15.0. The fourth-order valence-electron chi connectivity index (χ4n) is 2.10. The van der Waals surface area contributed by atoms with E-state index in [9.17, 15) is 13.2 Å². The minimum Gasteiger partial charge on any atom is -0.478 e. The molecular formula is C13H17NO5S. The molecule has 6 nitrogen and oxygen atoms in total. The zero-order valence-electron chi connectivity index (χ0n) is 11.1. The number of carboxylic acids is 1. The standard InChI is InChI=1S/C13H17NO5S/c1-13(6-3-7-19-13)9-14-20(17,18)11-5-2-4-10(8-11)12(15)16/h2,4-5,8,14H,3,6-7,9H2,1H3,(H,15,16). The van der Waals surface area contributed by atoms with Crippen LogP contribution in [0.15, 0.2) is 29.2 Å². The fourth-order valence-corrected chi connectivity index (χ4v) is 3.31. The Kier molecular flexibility index (Phi) is 4.12. The summed E-state index contributed by atoms with van der Waals surface area (Å²) in [5.74, 6) is -1.16. The second-order valence-corrected chi connectivity index (χ2v) is 6.83.